The van der Waals surface area contributed by atoms with Gasteiger partial charge in [0.05, 0.1) is 7.11 Å². The lowest BCUT2D eigenvalue weighted by atomic mass is 10.0. The number of carbonyl (C=O) groups excluding carboxylic acids is 1. The van der Waals surface area contributed by atoms with Crippen molar-refractivity contribution in [2.75, 3.05) is 7.11 Å². The van der Waals surface area contributed by atoms with Gasteiger partial charge in [-0.25, -0.2) is 0 Å². The highest BCUT2D eigenvalue weighted by Crippen LogP contribution is 2.39. The summed E-state index contributed by atoms with van der Waals surface area (Å²) in [5, 5.41) is 1.75. The standard InChI is InChI=1S/C16H16O3/c1-10(2)14-9-15(19-11(3)17)12-7-5-6-8-13(12)16(14)18-4/h5-9H,1H2,2-4H3. The molecule has 2 aromatic carbocycles. The molecule has 0 aliphatic carbocycles. The van der Waals surface area contributed by atoms with Crippen molar-refractivity contribution >= 4 is 22.3 Å². The molecule has 0 saturated heterocycles. The first-order valence-electron chi connectivity index (χ1n) is 5.98. The predicted octanol–water partition coefficient (Wildman–Crippen LogP) is 3.81. The molecule has 98 valence electrons. The predicted molar refractivity (Wildman–Crippen MR) is 76.5 cm³/mol. The third kappa shape index (κ3) is 2.45. The number of carbonyl (C=O) groups is 1. The van der Waals surface area contributed by atoms with Crippen molar-refractivity contribution in [3.63, 3.8) is 0 Å². The Morgan fingerprint density at radius 2 is 1.79 bits per heavy atom. The number of rotatable bonds is 3. The van der Waals surface area contributed by atoms with Gasteiger partial charge in [0.1, 0.15) is 11.5 Å². The molecule has 0 fully saturated rings. The van der Waals surface area contributed by atoms with Crippen LogP contribution in [0.15, 0.2) is 36.9 Å². The first kappa shape index (κ1) is 13.1. The first-order valence-corrected chi connectivity index (χ1v) is 5.98. The minimum absolute atomic E-state index is 0.344. The topological polar surface area (TPSA) is 35.5 Å². The minimum Gasteiger partial charge on any atom is -0.495 e. The van der Waals surface area contributed by atoms with Crippen LogP contribution in [0.2, 0.25) is 0 Å². The Morgan fingerprint density at radius 3 is 2.32 bits per heavy atom. The van der Waals surface area contributed by atoms with E-state index in [0.29, 0.717) is 5.75 Å². The Bertz CT molecular complexity index is 656. The molecule has 2 aromatic rings. The Balaban J connectivity index is 2.82. The second-order valence-corrected chi connectivity index (χ2v) is 4.38. The highest BCUT2D eigenvalue weighted by atomic mass is 16.5. The highest BCUT2D eigenvalue weighted by molar-refractivity contribution is 5.98. The summed E-state index contributed by atoms with van der Waals surface area (Å²) in [5.74, 6) is 0.934. The van der Waals surface area contributed by atoms with Gasteiger partial charge in [0, 0.05) is 23.3 Å². The van der Waals surface area contributed by atoms with Crippen LogP contribution in [0.5, 0.6) is 11.5 Å². The smallest absolute Gasteiger partial charge is 0.308 e. The van der Waals surface area contributed by atoms with Gasteiger partial charge in [0.2, 0.25) is 0 Å². The lowest BCUT2D eigenvalue weighted by Gasteiger charge is -2.15. The molecule has 0 aliphatic heterocycles. The summed E-state index contributed by atoms with van der Waals surface area (Å²) >= 11 is 0. The number of hydrogen-bond acceptors (Lipinski definition) is 3. The van der Waals surface area contributed by atoms with Gasteiger partial charge < -0.3 is 9.47 Å². The van der Waals surface area contributed by atoms with E-state index in [0.717, 1.165) is 27.7 Å². The summed E-state index contributed by atoms with van der Waals surface area (Å²) < 4.78 is 10.8. The van der Waals surface area contributed by atoms with Crippen molar-refractivity contribution in [3.8, 4) is 11.5 Å². The van der Waals surface area contributed by atoms with Crippen LogP contribution >= 0.6 is 0 Å². The fourth-order valence-electron chi connectivity index (χ4n) is 2.09. The quantitative estimate of drug-likeness (QED) is 0.619. The molecule has 2 rings (SSSR count). The number of methoxy groups -OCH3 is 1. The van der Waals surface area contributed by atoms with Crippen molar-refractivity contribution in [2.24, 2.45) is 0 Å². The summed E-state index contributed by atoms with van der Waals surface area (Å²) in [7, 11) is 1.62. The summed E-state index contributed by atoms with van der Waals surface area (Å²) in [6, 6.07) is 9.46. The number of allylic oxidation sites excluding steroid dienone is 1. The van der Waals surface area contributed by atoms with E-state index in [1.54, 1.807) is 13.2 Å². The van der Waals surface area contributed by atoms with Crippen LogP contribution in [0.3, 0.4) is 0 Å². The minimum atomic E-state index is -0.344. The summed E-state index contributed by atoms with van der Waals surface area (Å²) in [6.45, 7) is 7.22. The third-order valence-corrected chi connectivity index (χ3v) is 2.87. The zero-order valence-electron chi connectivity index (χ0n) is 11.3. The molecule has 0 radical (unpaired) electrons. The molecule has 0 bridgehead atoms. The molecule has 0 aliphatic rings. The lowest BCUT2D eigenvalue weighted by molar-refractivity contribution is -0.131. The average molecular weight is 256 g/mol. The van der Waals surface area contributed by atoms with E-state index in [2.05, 4.69) is 6.58 Å². The van der Waals surface area contributed by atoms with Gasteiger partial charge >= 0.3 is 5.97 Å². The monoisotopic (exact) mass is 256 g/mol. The SMILES string of the molecule is C=C(C)c1cc(OC(C)=O)c2ccccc2c1OC. The first-order chi connectivity index (χ1) is 9.04. The fourth-order valence-corrected chi connectivity index (χ4v) is 2.09. The Hall–Kier alpha value is -2.29. The van der Waals surface area contributed by atoms with Crippen LogP contribution in [0, 0.1) is 0 Å². The Labute approximate surface area is 112 Å². The zero-order chi connectivity index (χ0) is 14.0. The van der Waals surface area contributed by atoms with Crippen molar-refractivity contribution in [2.45, 2.75) is 13.8 Å². The molecule has 19 heavy (non-hydrogen) atoms. The molecule has 0 amide bonds. The van der Waals surface area contributed by atoms with Crippen LogP contribution in [0.4, 0.5) is 0 Å². The summed E-state index contributed by atoms with van der Waals surface area (Å²) in [6.07, 6.45) is 0. The number of hydrogen-bond donors (Lipinski definition) is 0. The van der Waals surface area contributed by atoms with E-state index < -0.39 is 0 Å². The molecule has 0 unspecified atom stereocenters. The second-order valence-electron chi connectivity index (χ2n) is 4.38. The van der Waals surface area contributed by atoms with Crippen LogP contribution in [-0.4, -0.2) is 13.1 Å². The largest absolute Gasteiger partial charge is 0.495 e. The third-order valence-electron chi connectivity index (χ3n) is 2.87. The number of benzene rings is 2. The molecule has 3 nitrogen and oxygen atoms in total. The lowest BCUT2D eigenvalue weighted by Crippen LogP contribution is -2.03. The molecular formula is C16H16O3. The zero-order valence-corrected chi connectivity index (χ0v) is 11.3. The van der Waals surface area contributed by atoms with E-state index in [9.17, 15) is 4.79 Å². The van der Waals surface area contributed by atoms with E-state index >= 15 is 0 Å². The van der Waals surface area contributed by atoms with Crippen LogP contribution < -0.4 is 9.47 Å². The molecular weight excluding hydrogens is 240 g/mol. The number of fused-ring (bicyclic) bond motifs is 1. The van der Waals surface area contributed by atoms with Gasteiger partial charge in [0.25, 0.3) is 0 Å². The van der Waals surface area contributed by atoms with Crippen LogP contribution in [-0.2, 0) is 4.79 Å². The number of esters is 1. The average Bonchev–Trinajstić information content (AvgIpc) is 2.37. The van der Waals surface area contributed by atoms with Gasteiger partial charge in [0.15, 0.2) is 0 Å². The number of ether oxygens (including phenoxy) is 2. The molecule has 0 heterocycles. The summed E-state index contributed by atoms with van der Waals surface area (Å²) in [5.41, 5.74) is 1.70. The van der Waals surface area contributed by atoms with E-state index in [-0.39, 0.29) is 5.97 Å². The normalized spacial score (nSPS) is 10.3. The molecule has 0 saturated carbocycles. The van der Waals surface area contributed by atoms with Gasteiger partial charge in [-0.3, -0.25) is 4.79 Å². The van der Waals surface area contributed by atoms with Gasteiger partial charge in [-0.2, -0.15) is 0 Å². The van der Waals surface area contributed by atoms with Crippen molar-refractivity contribution < 1.29 is 14.3 Å². The Morgan fingerprint density at radius 1 is 1.16 bits per heavy atom. The maximum Gasteiger partial charge on any atom is 0.308 e. The highest BCUT2D eigenvalue weighted by Gasteiger charge is 2.14. The van der Waals surface area contributed by atoms with E-state index in [4.69, 9.17) is 9.47 Å². The van der Waals surface area contributed by atoms with Crippen molar-refractivity contribution in [1.29, 1.82) is 0 Å². The maximum atomic E-state index is 11.2. The van der Waals surface area contributed by atoms with Crippen LogP contribution in [0.25, 0.3) is 16.3 Å². The molecule has 0 N–H and O–H groups in total. The van der Waals surface area contributed by atoms with Crippen molar-refractivity contribution in [1.82, 2.24) is 0 Å². The Kier molecular flexibility index (Phi) is 3.56. The van der Waals surface area contributed by atoms with Crippen LogP contribution in [0.1, 0.15) is 19.4 Å². The van der Waals surface area contributed by atoms with Gasteiger partial charge in [-0.1, -0.05) is 30.8 Å². The van der Waals surface area contributed by atoms with Crippen molar-refractivity contribution in [3.05, 3.63) is 42.5 Å². The van der Waals surface area contributed by atoms with Gasteiger partial charge in [-0.05, 0) is 18.6 Å². The van der Waals surface area contributed by atoms with E-state index in [1.807, 2.05) is 31.2 Å². The molecule has 0 atom stereocenters. The fraction of sp³-hybridized carbons (Fsp3) is 0.188. The van der Waals surface area contributed by atoms with E-state index in [1.165, 1.54) is 6.92 Å². The second kappa shape index (κ2) is 5.14. The molecule has 0 aromatic heterocycles. The maximum absolute atomic E-state index is 11.2. The summed E-state index contributed by atoms with van der Waals surface area (Å²) in [4.78, 5) is 11.2. The van der Waals surface area contributed by atoms with Gasteiger partial charge in [-0.15, -0.1) is 0 Å². The molecule has 3 heteroatoms. The molecule has 0 spiro atoms.